The molecule has 5 heteroatoms. The summed E-state index contributed by atoms with van der Waals surface area (Å²) >= 11 is 0. The number of ether oxygens (including phenoxy) is 2. The lowest BCUT2D eigenvalue weighted by molar-refractivity contribution is -0.161. The van der Waals surface area contributed by atoms with Crippen molar-refractivity contribution in [1.82, 2.24) is 0 Å². The minimum absolute atomic E-state index is 0.0672. The maximum Gasteiger partial charge on any atom is 0.306 e. The summed E-state index contributed by atoms with van der Waals surface area (Å²) < 4.78 is 10.7. The molecule has 0 radical (unpaired) electrons. The highest BCUT2D eigenvalue weighted by Gasteiger charge is 2.16. The SMILES string of the molecule is CC/C=C\C/C=C\C/C=C\C/C=C\C/C=C\C/C=C\CCCCCCCCCCCCCCC(=O)OC(CO)COC(=O)CCCCCCCCCCCCCCCCCCCCC/C=C\C/C=C\CCCCCCC. The van der Waals surface area contributed by atoms with Crippen molar-refractivity contribution < 1.29 is 24.2 Å². The first-order valence-corrected chi connectivity index (χ1v) is 32.8. The van der Waals surface area contributed by atoms with Crippen LogP contribution in [0.5, 0.6) is 0 Å². The van der Waals surface area contributed by atoms with E-state index in [1.807, 2.05) is 0 Å². The zero-order valence-corrected chi connectivity index (χ0v) is 50.3. The van der Waals surface area contributed by atoms with Crippen LogP contribution in [-0.4, -0.2) is 36.4 Å². The molecule has 0 aromatic rings. The van der Waals surface area contributed by atoms with Crippen LogP contribution >= 0.6 is 0 Å². The van der Waals surface area contributed by atoms with E-state index in [0.29, 0.717) is 12.8 Å². The van der Waals surface area contributed by atoms with Crippen LogP contribution in [0.4, 0.5) is 0 Å². The Labute approximate surface area is 472 Å². The Morgan fingerprint density at radius 1 is 0.316 bits per heavy atom. The Morgan fingerprint density at radius 3 is 0.855 bits per heavy atom. The van der Waals surface area contributed by atoms with Crippen molar-refractivity contribution in [3.05, 3.63) is 97.2 Å². The van der Waals surface area contributed by atoms with Crippen LogP contribution < -0.4 is 0 Å². The monoisotopic (exact) mass is 1060 g/mol. The third-order valence-corrected chi connectivity index (χ3v) is 14.4. The molecule has 1 atom stereocenters. The number of aliphatic hydroxyl groups is 1. The van der Waals surface area contributed by atoms with E-state index in [1.165, 1.54) is 212 Å². The highest BCUT2D eigenvalue weighted by Crippen LogP contribution is 2.17. The second-order valence-corrected chi connectivity index (χ2v) is 21.8. The Kier molecular flexibility index (Phi) is 63.3. The number of unbranched alkanes of at least 4 members (excludes halogenated alkanes) is 36. The third kappa shape index (κ3) is 63.4. The largest absolute Gasteiger partial charge is 0.462 e. The molecule has 0 bridgehead atoms. The molecular formula is C71H124O5. The van der Waals surface area contributed by atoms with Crippen molar-refractivity contribution in [3.63, 3.8) is 0 Å². The fraction of sp³-hybridized carbons (Fsp3) is 0.746. The number of hydrogen-bond donors (Lipinski definition) is 1. The summed E-state index contributed by atoms with van der Waals surface area (Å²) in [6.45, 7) is 4.05. The summed E-state index contributed by atoms with van der Waals surface area (Å²) in [4.78, 5) is 24.6. The molecule has 438 valence electrons. The molecule has 0 amide bonds. The number of hydrogen-bond acceptors (Lipinski definition) is 5. The van der Waals surface area contributed by atoms with E-state index in [9.17, 15) is 14.7 Å². The molecule has 0 rings (SSSR count). The predicted molar refractivity (Wildman–Crippen MR) is 334 cm³/mol. The number of carbonyl (C=O) groups excluding carboxylic acids is 2. The van der Waals surface area contributed by atoms with E-state index >= 15 is 0 Å². The van der Waals surface area contributed by atoms with Crippen molar-refractivity contribution in [2.75, 3.05) is 13.2 Å². The number of aliphatic hydroxyl groups excluding tert-OH is 1. The number of rotatable bonds is 60. The van der Waals surface area contributed by atoms with Gasteiger partial charge in [-0.1, -0.05) is 310 Å². The van der Waals surface area contributed by atoms with E-state index in [1.54, 1.807) is 0 Å². The first kappa shape index (κ1) is 72.8. The van der Waals surface area contributed by atoms with Crippen LogP contribution in [0.2, 0.25) is 0 Å². The smallest absolute Gasteiger partial charge is 0.306 e. The molecular weight excluding hydrogens is 933 g/mol. The van der Waals surface area contributed by atoms with E-state index in [0.717, 1.165) is 83.5 Å². The van der Waals surface area contributed by atoms with E-state index in [-0.39, 0.29) is 25.2 Å². The van der Waals surface area contributed by atoms with Crippen LogP contribution in [0.15, 0.2) is 97.2 Å². The quantitative estimate of drug-likeness (QED) is 0.0373. The van der Waals surface area contributed by atoms with Crippen LogP contribution in [0.25, 0.3) is 0 Å². The van der Waals surface area contributed by atoms with Gasteiger partial charge in [-0.25, -0.2) is 0 Å². The summed E-state index contributed by atoms with van der Waals surface area (Å²) in [7, 11) is 0. The Morgan fingerprint density at radius 2 is 0.566 bits per heavy atom. The van der Waals surface area contributed by atoms with Gasteiger partial charge in [-0.2, -0.15) is 0 Å². The predicted octanol–water partition coefficient (Wildman–Crippen LogP) is 22.6. The normalized spacial score (nSPS) is 12.8. The van der Waals surface area contributed by atoms with E-state index < -0.39 is 6.10 Å². The molecule has 1 unspecified atom stereocenters. The number of allylic oxidation sites excluding steroid dienone is 16. The number of esters is 2. The van der Waals surface area contributed by atoms with Crippen molar-refractivity contribution in [2.24, 2.45) is 0 Å². The fourth-order valence-corrected chi connectivity index (χ4v) is 9.47. The molecule has 0 saturated heterocycles. The van der Waals surface area contributed by atoms with Crippen molar-refractivity contribution in [1.29, 1.82) is 0 Å². The standard InChI is InChI=1S/C71H124O5/c1-3-5-7-9-11-13-15-17-19-21-23-25-27-29-31-33-35-37-39-41-43-45-47-49-51-53-55-57-59-61-63-65-70(73)75-68-69(67-72)76-71(74)66-64-62-60-58-56-54-52-50-48-46-44-42-40-38-36-34-32-30-28-26-24-22-20-18-16-14-12-10-8-6-4-2/h6,8,12,14-15,17-18,20-21,23-24,26,30,32,36,38,69,72H,3-5,7,9-11,13,16,19,22,25,27-29,31,33-35,37,39-68H2,1-2H3/b8-6-,14-12-,17-15-,20-18-,23-21-,26-24-,32-30-,38-36-. The molecule has 76 heavy (non-hydrogen) atoms. The first-order valence-electron chi connectivity index (χ1n) is 32.8. The molecule has 0 aliphatic rings. The van der Waals surface area contributed by atoms with Gasteiger partial charge >= 0.3 is 11.9 Å². The molecule has 0 spiro atoms. The minimum Gasteiger partial charge on any atom is -0.462 e. The zero-order valence-electron chi connectivity index (χ0n) is 50.3. The van der Waals surface area contributed by atoms with Crippen molar-refractivity contribution >= 4 is 11.9 Å². The van der Waals surface area contributed by atoms with E-state index in [2.05, 4.69) is 111 Å². The molecule has 5 nitrogen and oxygen atoms in total. The Balaban J connectivity index is 3.47. The Hall–Kier alpha value is -3.18. The van der Waals surface area contributed by atoms with Gasteiger partial charge in [-0.3, -0.25) is 9.59 Å². The highest BCUT2D eigenvalue weighted by atomic mass is 16.6. The molecule has 0 aromatic carbocycles. The van der Waals surface area contributed by atoms with Crippen molar-refractivity contribution in [3.8, 4) is 0 Å². The molecule has 0 heterocycles. The van der Waals surface area contributed by atoms with Gasteiger partial charge in [0.1, 0.15) is 6.61 Å². The summed E-state index contributed by atoms with van der Waals surface area (Å²) in [5.41, 5.74) is 0. The van der Waals surface area contributed by atoms with Gasteiger partial charge in [0.15, 0.2) is 6.10 Å². The van der Waals surface area contributed by atoms with Gasteiger partial charge < -0.3 is 14.6 Å². The second-order valence-electron chi connectivity index (χ2n) is 21.8. The zero-order chi connectivity index (χ0) is 54.8. The second kappa shape index (κ2) is 66.1. The highest BCUT2D eigenvalue weighted by molar-refractivity contribution is 5.70. The van der Waals surface area contributed by atoms with Crippen molar-refractivity contribution in [2.45, 2.75) is 328 Å². The molecule has 0 aliphatic carbocycles. The summed E-state index contributed by atoms with van der Waals surface area (Å²) in [5.74, 6) is -0.583. The van der Waals surface area contributed by atoms with Gasteiger partial charge in [-0.15, -0.1) is 0 Å². The maximum absolute atomic E-state index is 12.4. The summed E-state index contributed by atoms with van der Waals surface area (Å²) in [6, 6.07) is 0. The molecule has 0 aromatic heterocycles. The summed E-state index contributed by atoms with van der Waals surface area (Å²) in [5, 5.41) is 9.69. The third-order valence-electron chi connectivity index (χ3n) is 14.4. The first-order chi connectivity index (χ1) is 37.6. The van der Waals surface area contributed by atoms with E-state index in [4.69, 9.17) is 9.47 Å². The average Bonchev–Trinajstić information content (AvgIpc) is 3.42. The lowest BCUT2D eigenvalue weighted by Gasteiger charge is -2.15. The lowest BCUT2D eigenvalue weighted by atomic mass is 10.0. The molecule has 0 saturated carbocycles. The molecule has 1 N–H and O–H groups in total. The topological polar surface area (TPSA) is 72.8 Å². The Bertz CT molecular complexity index is 1430. The molecule has 0 aliphatic heterocycles. The van der Waals surface area contributed by atoms with Gasteiger partial charge in [0, 0.05) is 12.8 Å². The lowest BCUT2D eigenvalue weighted by Crippen LogP contribution is -2.28. The van der Waals surface area contributed by atoms with Crippen LogP contribution in [0.1, 0.15) is 322 Å². The number of carbonyl (C=O) groups is 2. The van der Waals surface area contributed by atoms with Crippen LogP contribution in [0.3, 0.4) is 0 Å². The summed E-state index contributed by atoms with van der Waals surface area (Å²) in [6.07, 6.45) is 94.1. The maximum atomic E-state index is 12.4. The van der Waals surface area contributed by atoms with Crippen LogP contribution in [0, 0.1) is 0 Å². The van der Waals surface area contributed by atoms with Gasteiger partial charge in [0.2, 0.25) is 0 Å². The fourth-order valence-electron chi connectivity index (χ4n) is 9.47. The molecule has 0 fully saturated rings. The van der Waals surface area contributed by atoms with Gasteiger partial charge in [0.25, 0.3) is 0 Å². The van der Waals surface area contributed by atoms with Crippen LogP contribution in [-0.2, 0) is 19.1 Å². The average molecular weight is 1060 g/mol. The van der Waals surface area contributed by atoms with Gasteiger partial charge in [0.05, 0.1) is 6.61 Å². The minimum atomic E-state index is -0.778. The van der Waals surface area contributed by atoms with Gasteiger partial charge in [-0.05, 0) is 96.3 Å².